The van der Waals surface area contributed by atoms with E-state index in [9.17, 15) is 0 Å². The Balaban J connectivity index is 2.31. The van der Waals surface area contributed by atoms with E-state index in [0.29, 0.717) is 6.04 Å². The van der Waals surface area contributed by atoms with Gasteiger partial charge in [0, 0.05) is 18.6 Å². The molecule has 2 nitrogen and oxygen atoms in total. The lowest BCUT2D eigenvalue weighted by atomic mass is 9.93. The predicted octanol–water partition coefficient (Wildman–Crippen LogP) is 2.89. The first-order chi connectivity index (χ1) is 7.67. The first-order valence-corrected chi connectivity index (χ1v) is 7.14. The fraction of sp³-hybridized carbons (Fsp3) is 1.00. The topological polar surface area (TPSA) is 15.3 Å². The second-order valence-corrected chi connectivity index (χ2v) is 5.51. The van der Waals surface area contributed by atoms with Gasteiger partial charge in [0.2, 0.25) is 0 Å². The molecule has 0 radical (unpaired) electrons. The highest BCUT2D eigenvalue weighted by Gasteiger charge is 2.22. The van der Waals surface area contributed by atoms with E-state index in [1.165, 1.54) is 38.8 Å². The summed E-state index contributed by atoms with van der Waals surface area (Å²) in [6, 6.07) is 1.36. The number of hydrogen-bond acceptors (Lipinski definition) is 2. The zero-order chi connectivity index (χ0) is 12.0. The van der Waals surface area contributed by atoms with Crippen LogP contribution in [0.3, 0.4) is 0 Å². The van der Waals surface area contributed by atoms with Gasteiger partial charge in [0.15, 0.2) is 0 Å². The molecule has 0 aliphatic carbocycles. The van der Waals surface area contributed by atoms with Crippen LogP contribution in [0.15, 0.2) is 0 Å². The summed E-state index contributed by atoms with van der Waals surface area (Å²) < 4.78 is 0. The minimum atomic E-state index is 0.613. The van der Waals surface area contributed by atoms with Gasteiger partial charge in [-0.2, -0.15) is 0 Å². The number of rotatable bonds is 6. The lowest BCUT2D eigenvalue weighted by Crippen LogP contribution is -2.47. The van der Waals surface area contributed by atoms with Crippen molar-refractivity contribution in [3.05, 3.63) is 0 Å². The Morgan fingerprint density at radius 1 is 1.19 bits per heavy atom. The maximum absolute atomic E-state index is 3.58. The van der Waals surface area contributed by atoms with Crippen LogP contribution in [0.25, 0.3) is 0 Å². The monoisotopic (exact) mass is 226 g/mol. The van der Waals surface area contributed by atoms with Crippen molar-refractivity contribution in [2.45, 2.75) is 65.5 Å². The molecule has 1 unspecified atom stereocenters. The van der Waals surface area contributed by atoms with Crippen LogP contribution in [0.2, 0.25) is 0 Å². The minimum Gasteiger partial charge on any atom is -0.313 e. The van der Waals surface area contributed by atoms with Crippen LogP contribution in [-0.4, -0.2) is 36.6 Å². The average Bonchev–Trinajstić information content (AvgIpc) is 2.30. The fourth-order valence-electron chi connectivity index (χ4n) is 2.63. The highest BCUT2D eigenvalue weighted by atomic mass is 15.2. The molecule has 0 bridgehead atoms. The molecule has 1 N–H and O–H groups in total. The van der Waals surface area contributed by atoms with E-state index in [-0.39, 0.29) is 0 Å². The van der Waals surface area contributed by atoms with Crippen molar-refractivity contribution in [2.75, 3.05) is 19.6 Å². The van der Waals surface area contributed by atoms with Gasteiger partial charge in [-0.05, 0) is 38.3 Å². The molecule has 0 aromatic rings. The predicted molar refractivity (Wildman–Crippen MR) is 71.8 cm³/mol. The number of hydrogen-bond donors (Lipinski definition) is 1. The van der Waals surface area contributed by atoms with Gasteiger partial charge >= 0.3 is 0 Å². The van der Waals surface area contributed by atoms with Crippen LogP contribution in [0.1, 0.15) is 53.4 Å². The Morgan fingerprint density at radius 3 is 2.25 bits per heavy atom. The average molecular weight is 226 g/mol. The molecule has 1 aliphatic rings. The maximum atomic E-state index is 3.58. The van der Waals surface area contributed by atoms with E-state index in [4.69, 9.17) is 0 Å². The van der Waals surface area contributed by atoms with Crippen molar-refractivity contribution < 1.29 is 0 Å². The molecular weight excluding hydrogens is 196 g/mol. The van der Waals surface area contributed by atoms with E-state index in [2.05, 4.69) is 37.9 Å². The van der Waals surface area contributed by atoms with Crippen LogP contribution >= 0.6 is 0 Å². The van der Waals surface area contributed by atoms with Crippen LogP contribution in [0.4, 0.5) is 0 Å². The normalized spacial score (nSPS) is 21.6. The van der Waals surface area contributed by atoms with E-state index in [1.54, 1.807) is 0 Å². The molecule has 0 aromatic heterocycles. The van der Waals surface area contributed by atoms with Gasteiger partial charge in [0.05, 0.1) is 0 Å². The summed E-state index contributed by atoms with van der Waals surface area (Å²) in [5.74, 6) is 0.992. The van der Waals surface area contributed by atoms with Gasteiger partial charge in [-0.1, -0.05) is 34.1 Å². The number of piperidine rings is 1. The van der Waals surface area contributed by atoms with E-state index >= 15 is 0 Å². The molecule has 1 heterocycles. The molecule has 1 fully saturated rings. The highest BCUT2D eigenvalue weighted by Crippen LogP contribution is 2.22. The summed E-state index contributed by atoms with van der Waals surface area (Å²) >= 11 is 0. The molecule has 1 rings (SSSR count). The smallest absolute Gasteiger partial charge is 0.0218 e. The Labute approximate surface area is 102 Å². The Morgan fingerprint density at radius 2 is 1.81 bits per heavy atom. The SMILES string of the molecule is CCC1CCN(C(CC)CNC(C)C)CC1. The fourth-order valence-corrected chi connectivity index (χ4v) is 2.63. The zero-order valence-corrected chi connectivity index (χ0v) is 11.6. The van der Waals surface area contributed by atoms with Gasteiger partial charge in [-0.3, -0.25) is 4.90 Å². The maximum Gasteiger partial charge on any atom is 0.0218 e. The summed E-state index contributed by atoms with van der Waals surface area (Å²) in [7, 11) is 0. The van der Waals surface area contributed by atoms with E-state index < -0.39 is 0 Å². The molecule has 1 aliphatic heterocycles. The number of likely N-dealkylation sites (tertiary alicyclic amines) is 1. The van der Waals surface area contributed by atoms with Crippen molar-refractivity contribution in [3.63, 3.8) is 0 Å². The molecule has 1 atom stereocenters. The number of nitrogens with one attached hydrogen (secondary N) is 1. The third-order valence-corrected chi connectivity index (χ3v) is 3.98. The molecule has 0 amide bonds. The van der Waals surface area contributed by atoms with Crippen molar-refractivity contribution in [1.29, 1.82) is 0 Å². The van der Waals surface area contributed by atoms with Crippen molar-refractivity contribution in [1.82, 2.24) is 10.2 Å². The minimum absolute atomic E-state index is 0.613. The molecule has 0 spiro atoms. The van der Waals surface area contributed by atoms with Crippen LogP contribution in [0, 0.1) is 5.92 Å². The van der Waals surface area contributed by atoms with Crippen molar-refractivity contribution in [3.8, 4) is 0 Å². The Bertz CT molecular complexity index is 172. The molecule has 0 saturated carbocycles. The van der Waals surface area contributed by atoms with Gasteiger partial charge in [-0.25, -0.2) is 0 Å². The molecule has 16 heavy (non-hydrogen) atoms. The molecule has 2 heteroatoms. The van der Waals surface area contributed by atoms with Gasteiger partial charge in [0.1, 0.15) is 0 Å². The second kappa shape index (κ2) is 7.29. The van der Waals surface area contributed by atoms with E-state index in [0.717, 1.165) is 18.5 Å². The largest absolute Gasteiger partial charge is 0.313 e. The van der Waals surface area contributed by atoms with Crippen molar-refractivity contribution >= 4 is 0 Å². The molecule has 1 saturated heterocycles. The third kappa shape index (κ3) is 4.42. The van der Waals surface area contributed by atoms with Gasteiger partial charge in [-0.15, -0.1) is 0 Å². The number of nitrogens with zero attached hydrogens (tertiary/aromatic N) is 1. The highest BCUT2D eigenvalue weighted by molar-refractivity contribution is 4.79. The summed E-state index contributed by atoms with van der Waals surface area (Å²) in [5.41, 5.74) is 0. The van der Waals surface area contributed by atoms with E-state index in [1.807, 2.05) is 0 Å². The first-order valence-electron chi connectivity index (χ1n) is 7.14. The lowest BCUT2D eigenvalue weighted by molar-refractivity contribution is 0.124. The summed E-state index contributed by atoms with van der Waals surface area (Å²) in [6.07, 6.45) is 5.47. The summed E-state index contributed by atoms with van der Waals surface area (Å²) in [6.45, 7) is 12.9. The second-order valence-electron chi connectivity index (χ2n) is 5.51. The Kier molecular flexibility index (Phi) is 6.37. The summed E-state index contributed by atoms with van der Waals surface area (Å²) in [4.78, 5) is 2.70. The van der Waals surface area contributed by atoms with Crippen LogP contribution in [-0.2, 0) is 0 Å². The zero-order valence-electron chi connectivity index (χ0n) is 11.6. The molecular formula is C14H30N2. The quantitative estimate of drug-likeness (QED) is 0.749. The van der Waals surface area contributed by atoms with Crippen molar-refractivity contribution in [2.24, 2.45) is 5.92 Å². The molecule has 0 aromatic carbocycles. The first kappa shape index (κ1) is 14.0. The summed E-state index contributed by atoms with van der Waals surface area (Å²) in [5, 5.41) is 3.58. The Hall–Kier alpha value is -0.0800. The van der Waals surface area contributed by atoms with Crippen LogP contribution < -0.4 is 5.32 Å². The third-order valence-electron chi connectivity index (χ3n) is 3.98. The van der Waals surface area contributed by atoms with Gasteiger partial charge < -0.3 is 5.32 Å². The lowest BCUT2D eigenvalue weighted by Gasteiger charge is -2.37. The standard InChI is InChI=1S/C14H30N2/c1-5-13-7-9-16(10-8-13)14(6-2)11-15-12(3)4/h12-15H,5-11H2,1-4H3. The van der Waals surface area contributed by atoms with Gasteiger partial charge in [0.25, 0.3) is 0 Å². The van der Waals surface area contributed by atoms with Crippen LogP contribution in [0.5, 0.6) is 0 Å². The molecule has 96 valence electrons.